The molecule has 0 aromatic heterocycles. The molecule has 2 nitrogen and oxygen atoms in total. The number of rotatable bonds is 7. The summed E-state index contributed by atoms with van der Waals surface area (Å²) in [6.07, 6.45) is 6.52. The van der Waals surface area contributed by atoms with Crippen LogP contribution in [0.3, 0.4) is 0 Å². The second-order valence-electron chi connectivity index (χ2n) is 4.60. The second-order valence-corrected chi connectivity index (χ2v) is 4.60. The van der Waals surface area contributed by atoms with Gasteiger partial charge in [-0.2, -0.15) is 0 Å². The molecule has 0 bridgehead atoms. The van der Waals surface area contributed by atoms with Crippen molar-refractivity contribution in [1.29, 1.82) is 0 Å². The maximum absolute atomic E-state index is 10.2. The molecule has 0 amide bonds. The average molecular weight is 265 g/mol. The predicted octanol–water partition coefficient (Wildman–Crippen LogP) is 5.15. The van der Waals surface area contributed by atoms with Gasteiger partial charge in [-0.15, -0.1) is 0 Å². The molecule has 1 aromatic carbocycles. The number of benzene rings is 1. The van der Waals surface area contributed by atoms with Crippen molar-refractivity contribution in [2.45, 2.75) is 66.2 Å². The summed E-state index contributed by atoms with van der Waals surface area (Å²) in [5, 5.41) is 13.4. The van der Waals surface area contributed by atoms with Gasteiger partial charge < -0.3 is 10.4 Å². The third kappa shape index (κ3) is 6.00. The average Bonchev–Trinajstić information content (AvgIpc) is 2.47. The van der Waals surface area contributed by atoms with Crippen molar-refractivity contribution >= 4 is 5.69 Å². The molecule has 110 valence electrons. The first-order chi connectivity index (χ1) is 9.22. The topological polar surface area (TPSA) is 32.3 Å². The van der Waals surface area contributed by atoms with Crippen LogP contribution in [0.25, 0.3) is 0 Å². The molecule has 0 aliphatic carbocycles. The van der Waals surface area contributed by atoms with Crippen molar-refractivity contribution in [3.05, 3.63) is 23.3 Å². The fourth-order valence-corrected chi connectivity index (χ4v) is 2.02. The van der Waals surface area contributed by atoms with Crippen LogP contribution in [0.1, 0.15) is 64.5 Å². The van der Waals surface area contributed by atoms with Gasteiger partial charge in [-0.3, -0.25) is 0 Å². The zero-order chi connectivity index (χ0) is 14.7. The number of hydrogen-bond donors (Lipinski definition) is 2. The fraction of sp³-hybridized carbons (Fsp3) is 0.647. The van der Waals surface area contributed by atoms with E-state index >= 15 is 0 Å². The first-order valence-electron chi connectivity index (χ1n) is 7.75. The first kappa shape index (κ1) is 17.8. The highest BCUT2D eigenvalue weighted by molar-refractivity contribution is 5.55. The van der Waals surface area contributed by atoms with Crippen LogP contribution < -0.4 is 5.32 Å². The van der Waals surface area contributed by atoms with E-state index in [4.69, 9.17) is 0 Å². The van der Waals surface area contributed by atoms with E-state index in [1.54, 1.807) is 0 Å². The smallest absolute Gasteiger partial charge is 0.122 e. The lowest BCUT2D eigenvalue weighted by molar-refractivity contribution is 0.459. The van der Waals surface area contributed by atoms with Crippen molar-refractivity contribution in [1.82, 2.24) is 0 Å². The molecule has 0 radical (unpaired) electrons. The van der Waals surface area contributed by atoms with Crippen LogP contribution >= 0.6 is 0 Å². The summed E-state index contributed by atoms with van der Waals surface area (Å²) < 4.78 is 0. The molecule has 0 saturated carbocycles. The maximum atomic E-state index is 10.2. The molecule has 0 aliphatic heterocycles. The van der Waals surface area contributed by atoms with Crippen LogP contribution in [0.15, 0.2) is 12.1 Å². The van der Waals surface area contributed by atoms with Crippen LogP contribution in [0, 0.1) is 0 Å². The quantitative estimate of drug-likeness (QED) is 0.669. The van der Waals surface area contributed by atoms with Crippen LogP contribution in [-0.2, 0) is 12.8 Å². The highest BCUT2D eigenvalue weighted by Crippen LogP contribution is 2.29. The molecule has 0 atom stereocenters. The Hall–Kier alpha value is -1.18. The molecule has 0 aliphatic rings. The molecular formula is C17H31NO. The molecule has 0 heterocycles. The van der Waals surface area contributed by atoms with E-state index < -0.39 is 0 Å². The van der Waals surface area contributed by atoms with Gasteiger partial charge in [-0.05, 0) is 48.9 Å². The van der Waals surface area contributed by atoms with Gasteiger partial charge in [0.05, 0.1) is 0 Å². The molecule has 19 heavy (non-hydrogen) atoms. The molecule has 0 fully saturated rings. The normalized spacial score (nSPS) is 9.74. The number of nitrogens with one attached hydrogen (secondary N) is 1. The van der Waals surface area contributed by atoms with E-state index in [0.29, 0.717) is 5.75 Å². The molecule has 2 N–H and O–H groups in total. The lowest BCUT2D eigenvalue weighted by Gasteiger charge is -2.12. The minimum atomic E-state index is 0.519. The lowest BCUT2D eigenvalue weighted by atomic mass is 9.99. The summed E-state index contributed by atoms with van der Waals surface area (Å²) in [6.45, 7) is 8.36. The summed E-state index contributed by atoms with van der Waals surface area (Å²) >= 11 is 0. The zero-order valence-electron chi connectivity index (χ0n) is 13.3. The standard InChI is InChI=1S/C15H25NO.C2H6/c1-4-6-8-12-10-14(16-3)11-13(15(12)17)9-7-5-2;1-2/h10-11,16-17H,4-9H2,1-3H3;1-2H3. The fourth-order valence-electron chi connectivity index (χ4n) is 2.02. The van der Waals surface area contributed by atoms with Crippen LogP contribution in [0.2, 0.25) is 0 Å². The van der Waals surface area contributed by atoms with E-state index in [0.717, 1.165) is 55.3 Å². The Morgan fingerprint density at radius 3 is 1.68 bits per heavy atom. The van der Waals surface area contributed by atoms with Crippen molar-refractivity contribution in [2.75, 3.05) is 12.4 Å². The number of anilines is 1. The van der Waals surface area contributed by atoms with E-state index in [2.05, 4.69) is 31.3 Å². The summed E-state index contributed by atoms with van der Waals surface area (Å²) in [7, 11) is 1.93. The van der Waals surface area contributed by atoms with Crippen LogP contribution in [-0.4, -0.2) is 12.2 Å². The van der Waals surface area contributed by atoms with Gasteiger partial charge in [0.1, 0.15) is 5.75 Å². The molecule has 0 unspecified atom stereocenters. The number of phenols is 1. The number of unbranched alkanes of at least 4 members (excludes halogenated alkanes) is 2. The summed E-state index contributed by atoms with van der Waals surface area (Å²) in [6, 6.07) is 4.14. The van der Waals surface area contributed by atoms with Crippen molar-refractivity contribution < 1.29 is 5.11 Å². The Morgan fingerprint density at radius 1 is 0.947 bits per heavy atom. The molecule has 2 heteroatoms. The summed E-state index contributed by atoms with van der Waals surface area (Å²) in [4.78, 5) is 0. The highest BCUT2D eigenvalue weighted by Gasteiger charge is 2.09. The monoisotopic (exact) mass is 265 g/mol. The third-order valence-electron chi connectivity index (χ3n) is 3.16. The summed E-state index contributed by atoms with van der Waals surface area (Å²) in [5.41, 5.74) is 3.29. The molecule has 0 saturated heterocycles. The van der Waals surface area contributed by atoms with Crippen LogP contribution in [0.5, 0.6) is 5.75 Å². The van der Waals surface area contributed by atoms with Crippen molar-refractivity contribution in [2.24, 2.45) is 0 Å². The molecular weight excluding hydrogens is 234 g/mol. The van der Waals surface area contributed by atoms with Gasteiger partial charge in [0.15, 0.2) is 0 Å². The van der Waals surface area contributed by atoms with Gasteiger partial charge in [0.2, 0.25) is 0 Å². The maximum Gasteiger partial charge on any atom is 0.122 e. The number of hydrogen-bond acceptors (Lipinski definition) is 2. The van der Waals surface area contributed by atoms with Crippen molar-refractivity contribution in [3.63, 3.8) is 0 Å². The lowest BCUT2D eigenvalue weighted by Crippen LogP contribution is -1.97. The van der Waals surface area contributed by atoms with Gasteiger partial charge in [0, 0.05) is 12.7 Å². The molecule has 0 spiro atoms. The Morgan fingerprint density at radius 2 is 1.37 bits per heavy atom. The van der Waals surface area contributed by atoms with Gasteiger partial charge in [-0.1, -0.05) is 40.5 Å². The predicted molar refractivity (Wildman–Crippen MR) is 86.2 cm³/mol. The van der Waals surface area contributed by atoms with Gasteiger partial charge in [0.25, 0.3) is 0 Å². The van der Waals surface area contributed by atoms with E-state index in [9.17, 15) is 5.11 Å². The Kier molecular flexibility index (Phi) is 10.1. The Bertz CT molecular complexity index is 318. The minimum Gasteiger partial charge on any atom is -0.507 e. The minimum absolute atomic E-state index is 0.519. The first-order valence-corrected chi connectivity index (χ1v) is 7.75. The Balaban J connectivity index is 0.00000154. The number of aromatic hydroxyl groups is 1. The van der Waals surface area contributed by atoms with Crippen molar-refractivity contribution in [3.8, 4) is 5.75 Å². The number of aryl methyl sites for hydroxylation is 2. The SMILES string of the molecule is CC.CCCCc1cc(NC)cc(CCCC)c1O. The van der Waals surface area contributed by atoms with Crippen LogP contribution in [0.4, 0.5) is 5.69 Å². The summed E-state index contributed by atoms with van der Waals surface area (Å²) in [5.74, 6) is 0.519. The second kappa shape index (κ2) is 10.7. The molecule has 1 rings (SSSR count). The number of phenolic OH excluding ortho intramolecular Hbond substituents is 1. The third-order valence-corrected chi connectivity index (χ3v) is 3.16. The highest BCUT2D eigenvalue weighted by atomic mass is 16.3. The zero-order valence-corrected chi connectivity index (χ0v) is 13.3. The molecule has 1 aromatic rings. The van der Waals surface area contributed by atoms with E-state index in [-0.39, 0.29) is 0 Å². The van der Waals surface area contributed by atoms with Gasteiger partial charge in [-0.25, -0.2) is 0 Å². The van der Waals surface area contributed by atoms with Gasteiger partial charge >= 0.3 is 0 Å². The Labute approximate surface area is 119 Å². The largest absolute Gasteiger partial charge is 0.507 e. The van der Waals surface area contributed by atoms with E-state index in [1.165, 1.54) is 0 Å². The van der Waals surface area contributed by atoms with E-state index in [1.807, 2.05) is 20.9 Å².